The largest absolute Gasteiger partial charge is 0.506 e. The maximum atomic E-state index is 12.8. The van der Waals surface area contributed by atoms with Crippen molar-refractivity contribution >= 4 is 5.97 Å². The normalized spacial score (nSPS) is 12.2. The van der Waals surface area contributed by atoms with Gasteiger partial charge in [-0.3, -0.25) is 9.78 Å². The average molecular weight is 594 g/mol. The molecule has 6 nitrogen and oxygen atoms in total. The number of unbranched alkanes of at least 4 members (excludes halogenated alkanes) is 13. The van der Waals surface area contributed by atoms with E-state index >= 15 is 0 Å². The molecule has 0 fully saturated rings. The second-order valence-electron chi connectivity index (χ2n) is 12.3. The first-order valence-corrected chi connectivity index (χ1v) is 17.4. The number of carbonyl (C=O) groups is 1. The summed E-state index contributed by atoms with van der Waals surface area (Å²) in [5, 5.41) is 37.6. The number of aliphatic carboxylic acids is 1. The van der Waals surface area contributed by atoms with E-state index < -0.39 is 11.4 Å². The van der Waals surface area contributed by atoms with Crippen LogP contribution >= 0.6 is 0 Å². The lowest BCUT2D eigenvalue weighted by Gasteiger charge is -2.38. The Morgan fingerprint density at radius 1 is 0.714 bits per heavy atom. The van der Waals surface area contributed by atoms with Crippen molar-refractivity contribution in [2.45, 2.75) is 183 Å². The summed E-state index contributed by atoms with van der Waals surface area (Å²) in [6.45, 7) is 10.1. The number of nitrogens with zero attached hydrogens (tertiary/aromatic N) is 1. The van der Waals surface area contributed by atoms with E-state index in [1.54, 1.807) is 6.92 Å². The molecule has 0 bridgehead atoms. The van der Waals surface area contributed by atoms with E-state index in [2.05, 4.69) is 32.7 Å². The van der Waals surface area contributed by atoms with Gasteiger partial charge >= 0.3 is 5.97 Å². The summed E-state index contributed by atoms with van der Waals surface area (Å²) in [7, 11) is 0. The van der Waals surface area contributed by atoms with Gasteiger partial charge in [-0.2, -0.15) is 0 Å². The topological polar surface area (TPSA) is 111 Å². The molecule has 0 saturated heterocycles. The first-order valence-electron chi connectivity index (χ1n) is 17.4. The van der Waals surface area contributed by atoms with Gasteiger partial charge in [-0.25, -0.2) is 0 Å². The Morgan fingerprint density at radius 2 is 1.14 bits per heavy atom. The zero-order valence-electron chi connectivity index (χ0n) is 28.1. The van der Waals surface area contributed by atoms with Crippen LogP contribution in [0.2, 0.25) is 0 Å². The standard InChI is InChI=1S/C28H56O2.C8H11NO3/c1-5-9-13-17-19-23-26(22-18-14-10-6-2)28(27(29)30,24-20-15-11-7-3)25-21-16-12-8-4;1-5-8(12)7(4-11)6(3-10)2-9-5/h26H,5-25H2,1-4H3,(H,29,30);2,10-12H,3-4H2,1H3. The van der Waals surface area contributed by atoms with Gasteiger partial charge in [0, 0.05) is 17.3 Å². The molecular weight excluding hydrogens is 526 g/mol. The highest BCUT2D eigenvalue weighted by Crippen LogP contribution is 2.45. The van der Waals surface area contributed by atoms with Crippen molar-refractivity contribution in [3.8, 4) is 5.75 Å². The fourth-order valence-corrected chi connectivity index (χ4v) is 6.16. The van der Waals surface area contributed by atoms with Crippen molar-refractivity contribution in [2.75, 3.05) is 0 Å². The molecular formula is C36H67NO5. The first kappa shape index (κ1) is 40.3. The smallest absolute Gasteiger partial charge is 0.309 e. The number of hydrogen-bond acceptors (Lipinski definition) is 5. The Hall–Kier alpha value is -1.66. The molecule has 1 heterocycles. The zero-order chi connectivity index (χ0) is 31.6. The highest BCUT2D eigenvalue weighted by atomic mass is 16.4. The summed E-state index contributed by atoms with van der Waals surface area (Å²) >= 11 is 0. The Labute approximate surface area is 258 Å². The summed E-state index contributed by atoms with van der Waals surface area (Å²) in [6.07, 6.45) is 26.4. The minimum Gasteiger partial charge on any atom is -0.506 e. The molecule has 0 aliphatic carbocycles. The Bertz CT molecular complexity index is 785. The second-order valence-corrected chi connectivity index (χ2v) is 12.3. The van der Waals surface area contributed by atoms with Gasteiger partial charge in [0.15, 0.2) is 0 Å². The van der Waals surface area contributed by atoms with Gasteiger partial charge in [0.25, 0.3) is 0 Å². The van der Waals surface area contributed by atoms with E-state index in [1.807, 2.05) is 0 Å². The number of aromatic nitrogens is 1. The first-order chi connectivity index (χ1) is 20.3. The van der Waals surface area contributed by atoms with E-state index in [4.69, 9.17) is 10.2 Å². The highest BCUT2D eigenvalue weighted by Gasteiger charge is 2.43. The Balaban J connectivity index is 0.00000115. The van der Waals surface area contributed by atoms with Crippen LogP contribution in [-0.2, 0) is 18.0 Å². The van der Waals surface area contributed by atoms with E-state index in [0.717, 1.165) is 38.5 Å². The van der Waals surface area contributed by atoms with E-state index in [9.17, 15) is 15.0 Å². The quantitative estimate of drug-likeness (QED) is 0.0840. The molecule has 0 saturated carbocycles. The lowest BCUT2D eigenvalue weighted by molar-refractivity contribution is -0.155. The number of hydrogen-bond donors (Lipinski definition) is 4. The van der Waals surface area contributed by atoms with Crippen molar-refractivity contribution in [3.05, 3.63) is 23.0 Å². The predicted octanol–water partition coefficient (Wildman–Crippen LogP) is 10.0. The van der Waals surface area contributed by atoms with Crippen LogP contribution < -0.4 is 0 Å². The van der Waals surface area contributed by atoms with Gasteiger partial charge in [0.1, 0.15) is 5.75 Å². The molecule has 0 radical (unpaired) electrons. The van der Waals surface area contributed by atoms with Crippen molar-refractivity contribution in [1.29, 1.82) is 0 Å². The number of aromatic hydroxyl groups is 1. The highest BCUT2D eigenvalue weighted by molar-refractivity contribution is 5.75. The molecule has 1 atom stereocenters. The second kappa shape index (κ2) is 25.8. The maximum absolute atomic E-state index is 12.8. The van der Waals surface area contributed by atoms with Crippen molar-refractivity contribution in [1.82, 2.24) is 4.98 Å². The summed E-state index contributed by atoms with van der Waals surface area (Å²) in [6, 6.07) is 0. The number of rotatable bonds is 25. The summed E-state index contributed by atoms with van der Waals surface area (Å²) < 4.78 is 0. The maximum Gasteiger partial charge on any atom is 0.309 e. The molecule has 1 rings (SSSR count). The molecule has 1 aromatic heterocycles. The van der Waals surface area contributed by atoms with Gasteiger partial charge in [-0.1, -0.05) is 137 Å². The Morgan fingerprint density at radius 3 is 1.55 bits per heavy atom. The van der Waals surface area contributed by atoms with Crippen LogP contribution in [0, 0.1) is 18.3 Å². The van der Waals surface area contributed by atoms with Gasteiger partial charge < -0.3 is 20.4 Å². The summed E-state index contributed by atoms with van der Waals surface area (Å²) in [5.74, 6) is -0.148. The molecule has 42 heavy (non-hydrogen) atoms. The summed E-state index contributed by atoms with van der Waals surface area (Å²) in [5.41, 5.74) is 0.792. The molecule has 1 unspecified atom stereocenters. The number of pyridine rings is 1. The van der Waals surface area contributed by atoms with Crippen LogP contribution in [0.4, 0.5) is 0 Å². The molecule has 1 aromatic rings. The van der Waals surface area contributed by atoms with Crippen LogP contribution in [0.1, 0.15) is 179 Å². The number of carboxylic acids is 1. The molecule has 4 N–H and O–H groups in total. The zero-order valence-corrected chi connectivity index (χ0v) is 28.1. The lowest BCUT2D eigenvalue weighted by atomic mass is 9.65. The summed E-state index contributed by atoms with van der Waals surface area (Å²) in [4.78, 5) is 16.7. The van der Waals surface area contributed by atoms with E-state index in [-0.39, 0.29) is 19.0 Å². The number of aryl methyl sites for hydroxylation is 1. The van der Waals surface area contributed by atoms with Crippen LogP contribution in [0.25, 0.3) is 0 Å². The third kappa shape index (κ3) is 15.7. The molecule has 246 valence electrons. The van der Waals surface area contributed by atoms with Crippen molar-refractivity contribution < 1.29 is 25.2 Å². The number of aliphatic hydroxyl groups excluding tert-OH is 2. The number of carboxylic acid groups (broad SMARTS) is 1. The van der Waals surface area contributed by atoms with Gasteiger partial charge in [0.2, 0.25) is 0 Å². The molecule has 0 spiro atoms. The average Bonchev–Trinajstić information content (AvgIpc) is 2.99. The van der Waals surface area contributed by atoms with Crippen LogP contribution in [-0.4, -0.2) is 31.4 Å². The molecule has 0 aromatic carbocycles. The molecule has 0 amide bonds. The van der Waals surface area contributed by atoms with Crippen molar-refractivity contribution in [3.63, 3.8) is 0 Å². The number of aliphatic hydroxyl groups is 2. The minimum atomic E-state index is -0.482. The van der Waals surface area contributed by atoms with Gasteiger partial charge in [-0.05, 0) is 38.5 Å². The monoisotopic (exact) mass is 594 g/mol. The van der Waals surface area contributed by atoms with E-state index in [0.29, 0.717) is 22.7 Å². The third-order valence-electron chi connectivity index (χ3n) is 8.98. The van der Waals surface area contributed by atoms with Gasteiger partial charge in [-0.15, -0.1) is 0 Å². The lowest BCUT2D eigenvalue weighted by Crippen LogP contribution is -2.39. The fraction of sp³-hybridized carbons (Fsp3) is 0.833. The van der Waals surface area contributed by atoms with Crippen LogP contribution in [0.5, 0.6) is 5.75 Å². The molecule has 0 aliphatic heterocycles. The van der Waals surface area contributed by atoms with Crippen LogP contribution in [0.3, 0.4) is 0 Å². The van der Waals surface area contributed by atoms with E-state index in [1.165, 1.54) is 103 Å². The fourth-order valence-electron chi connectivity index (χ4n) is 6.16. The predicted molar refractivity (Wildman–Crippen MR) is 176 cm³/mol. The van der Waals surface area contributed by atoms with Crippen LogP contribution in [0.15, 0.2) is 6.20 Å². The van der Waals surface area contributed by atoms with Crippen molar-refractivity contribution in [2.24, 2.45) is 11.3 Å². The molecule has 0 aliphatic rings. The van der Waals surface area contributed by atoms with Gasteiger partial charge in [0.05, 0.1) is 24.3 Å². The minimum absolute atomic E-state index is 0.0379. The Kier molecular flexibility index (Phi) is 24.8. The SMILES string of the molecule is CCCCCCCC(CCCCCC)C(CCCCCC)(CCCCCC)C(=O)O.Cc1ncc(CO)c(CO)c1O. The molecule has 6 heteroatoms. The third-order valence-corrected chi connectivity index (χ3v) is 8.98.